The molecule has 0 aromatic rings. The molecule has 0 aliphatic rings. The van der Waals surface area contributed by atoms with Crippen molar-refractivity contribution < 1.29 is 17.5 Å². The van der Waals surface area contributed by atoms with E-state index in [2.05, 4.69) is 0 Å². The van der Waals surface area contributed by atoms with Crippen molar-refractivity contribution in [1.29, 1.82) is 0 Å². The highest BCUT2D eigenvalue weighted by Gasteiger charge is 2.11. The Morgan fingerprint density at radius 2 is 1.31 bits per heavy atom. The van der Waals surface area contributed by atoms with Gasteiger partial charge in [-0.1, -0.05) is 6.42 Å². The Labute approximate surface area is 83.7 Å². The maximum absolute atomic E-state index is 10.5. The van der Waals surface area contributed by atoms with Gasteiger partial charge in [0.25, 0.3) is 0 Å². The third kappa shape index (κ3) is 6.31. The minimum atomic E-state index is -1.77. The molecule has 0 aliphatic heterocycles. The van der Waals surface area contributed by atoms with Crippen LogP contribution < -0.4 is 0 Å². The molecule has 6 heteroatoms. The van der Waals surface area contributed by atoms with E-state index in [9.17, 15) is 8.42 Å². The van der Waals surface area contributed by atoms with Crippen LogP contribution in [-0.4, -0.2) is 28.0 Å². The Kier molecular flexibility index (Phi) is 6.75. The fourth-order valence-corrected chi connectivity index (χ4v) is 1.63. The molecule has 4 unspecified atom stereocenters. The molecular formula is C7H16O4S2. The lowest BCUT2D eigenvalue weighted by atomic mass is 10.2. The van der Waals surface area contributed by atoms with Crippen LogP contribution in [0.25, 0.3) is 0 Å². The summed E-state index contributed by atoms with van der Waals surface area (Å²) in [5.41, 5.74) is 0. The molecule has 0 rings (SSSR count). The zero-order valence-corrected chi connectivity index (χ0v) is 9.44. The van der Waals surface area contributed by atoms with Crippen LogP contribution in [0.4, 0.5) is 0 Å². The van der Waals surface area contributed by atoms with Crippen LogP contribution in [0.5, 0.6) is 0 Å². The van der Waals surface area contributed by atoms with Crippen molar-refractivity contribution >= 4 is 22.2 Å². The Balaban J connectivity index is 3.56. The van der Waals surface area contributed by atoms with E-state index in [0.717, 1.165) is 0 Å². The van der Waals surface area contributed by atoms with Crippen molar-refractivity contribution in [3.63, 3.8) is 0 Å². The molecule has 0 bridgehead atoms. The molecule has 2 N–H and O–H groups in total. The van der Waals surface area contributed by atoms with Crippen LogP contribution in [0.2, 0.25) is 0 Å². The zero-order valence-electron chi connectivity index (χ0n) is 7.80. The van der Waals surface area contributed by atoms with Crippen LogP contribution in [0.1, 0.15) is 33.1 Å². The van der Waals surface area contributed by atoms with Crippen molar-refractivity contribution in [3.05, 3.63) is 0 Å². The third-order valence-electron chi connectivity index (χ3n) is 1.91. The van der Waals surface area contributed by atoms with Gasteiger partial charge in [0.15, 0.2) is 22.2 Å². The smallest absolute Gasteiger partial charge is 0.155 e. The molecule has 80 valence electrons. The summed E-state index contributed by atoms with van der Waals surface area (Å²) in [5, 5.41) is -0.501. The van der Waals surface area contributed by atoms with E-state index in [1.54, 1.807) is 13.8 Å². The first-order chi connectivity index (χ1) is 5.95. The topological polar surface area (TPSA) is 74.6 Å². The van der Waals surface area contributed by atoms with E-state index in [1.165, 1.54) is 0 Å². The summed E-state index contributed by atoms with van der Waals surface area (Å²) in [4.78, 5) is 0. The maximum Gasteiger partial charge on any atom is 0.155 e. The Morgan fingerprint density at radius 1 is 1.00 bits per heavy atom. The summed E-state index contributed by atoms with van der Waals surface area (Å²) in [7, 11) is 0. The molecular weight excluding hydrogens is 212 g/mol. The van der Waals surface area contributed by atoms with Gasteiger partial charge < -0.3 is 9.11 Å². The van der Waals surface area contributed by atoms with E-state index < -0.39 is 22.2 Å². The second-order valence-corrected chi connectivity index (χ2v) is 5.82. The van der Waals surface area contributed by atoms with Gasteiger partial charge in [0, 0.05) is 0 Å². The van der Waals surface area contributed by atoms with Gasteiger partial charge in [-0.3, -0.25) is 0 Å². The van der Waals surface area contributed by atoms with E-state index in [-0.39, 0.29) is 10.5 Å². The van der Waals surface area contributed by atoms with Gasteiger partial charge in [0.05, 0.1) is 10.5 Å². The molecule has 4 atom stereocenters. The van der Waals surface area contributed by atoms with Crippen molar-refractivity contribution in [3.8, 4) is 0 Å². The van der Waals surface area contributed by atoms with Crippen LogP contribution in [0.3, 0.4) is 0 Å². The second kappa shape index (κ2) is 6.64. The Morgan fingerprint density at radius 3 is 1.54 bits per heavy atom. The van der Waals surface area contributed by atoms with Gasteiger partial charge in [0.1, 0.15) is 0 Å². The fraction of sp³-hybridized carbons (Fsp3) is 1.00. The zero-order chi connectivity index (χ0) is 10.4. The maximum atomic E-state index is 10.5. The van der Waals surface area contributed by atoms with Crippen molar-refractivity contribution in [2.24, 2.45) is 0 Å². The average Bonchev–Trinajstić information content (AvgIpc) is 2.03. The second-order valence-electron chi connectivity index (χ2n) is 3.10. The molecule has 13 heavy (non-hydrogen) atoms. The van der Waals surface area contributed by atoms with Gasteiger partial charge in [-0.25, -0.2) is 8.42 Å². The van der Waals surface area contributed by atoms with Gasteiger partial charge in [-0.05, 0) is 26.7 Å². The Hall–Kier alpha value is 0.220. The molecule has 0 amide bonds. The van der Waals surface area contributed by atoms with Crippen LogP contribution in [0.15, 0.2) is 0 Å². The summed E-state index contributed by atoms with van der Waals surface area (Å²) < 4.78 is 38.3. The number of hydrogen-bond acceptors (Lipinski definition) is 2. The lowest BCUT2D eigenvalue weighted by Gasteiger charge is -2.08. The highest BCUT2D eigenvalue weighted by Crippen LogP contribution is 2.09. The molecule has 0 saturated carbocycles. The summed E-state index contributed by atoms with van der Waals surface area (Å²) in [6, 6.07) is 0. The highest BCUT2D eigenvalue weighted by atomic mass is 32.2. The van der Waals surface area contributed by atoms with Crippen LogP contribution >= 0.6 is 0 Å². The monoisotopic (exact) mass is 228 g/mol. The minimum Gasteiger partial charge on any atom is -0.306 e. The summed E-state index contributed by atoms with van der Waals surface area (Å²) in [5.74, 6) is 0. The van der Waals surface area contributed by atoms with E-state index >= 15 is 0 Å². The van der Waals surface area contributed by atoms with Crippen molar-refractivity contribution in [2.75, 3.05) is 0 Å². The number of hydrogen-bond donors (Lipinski definition) is 2. The summed E-state index contributed by atoms with van der Waals surface area (Å²) >= 11 is -3.55. The van der Waals surface area contributed by atoms with E-state index in [0.29, 0.717) is 19.3 Å². The molecule has 0 aromatic carbocycles. The van der Waals surface area contributed by atoms with Gasteiger partial charge in [-0.15, -0.1) is 0 Å². The summed E-state index contributed by atoms with van der Waals surface area (Å²) in [6.45, 7) is 3.38. The molecule has 0 saturated heterocycles. The fourth-order valence-electron chi connectivity index (χ4n) is 0.894. The SMILES string of the molecule is CC(CCCC(C)S(=O)O)S(=O)O. The van der Waals surface area contributed by atoms with E-state index in [1.807, 2.05) is 0 Å². The third-order valence-corrected chi connectivity index (χ3v) is 3.76. The molecule has 0 aliphatic carbocycles. The van der Waals surface area contributed by atoms with Gasteiger partial charge >= 0.3 is 0 Å². The quantitative estimate of drug-likeness (QED) is 0.673. The van der Waals surface area contributed by atoms with Crippen molar-refractivity contribution in [2.45, 2.75) is 43.6 Å². The first-order valence-electron chi connectivity index (χ1n) is 4.14. The largest absolute Gasteiger partial charge is 0.306 e. The average molecular weight is 228 g/mol. The van der Waals surface area contributed by atoms with Gasteiger partial charge in [0.2, 0.25) is 0 Å². The first-order valence-corrected chi connectivity index (χ1v) is 6.48. The van der Waals surface area contributed by atoms with Crippen LogP contribution in [0, 0.1) is 0 Å². The first kappa shape index (κ1) is 13.2. The van der Waals surface area contributed by atoms with Gasteiger partial charge in [-0.2, -0.15) is 0 Å². The van der Waals surface area contributed by atoms with Crippen LogP contribution in [-0.2, 0) is 22.2 Å². The summed E-state index contributed by atoms with van der Waals surface area (Å²) in [6.07, 6.45) is 1.94. The van der Waals surface area contributed by atoms with E-state index in [4.69, 9.17) is 9.11 Å². The molecule has 0 spiro atoms. The standard InChI is InChI=1S/C7H16O4S2/c1-6(12(8)9)4-3-5-7(2)13(10)11/h6-7H,3-5H2,1-2H3,(H,8,9)(H,10,11). The highest BCUT2D eigenvalue weighted by molar-refractivity contribution is 7.80. The minimum absolute atomic E-state index is 0.251. The lowest BCUT2D eigenvalue weighted by Crippen LogP contribution is -2.13. The molecule has 0 heterocycles. The Bertz CT molecular complexity index is 175. The lowest BCUT2D eigenvalue weighted by molar-refractivity contribution is 0.527. The molecule has 0 aromatic heterocycles. The molecule has 0 fully saturated rings. The normalized spacial score (nSPS) is 20.6. The molecule has 4 nitrogen and oxygen atoms in total. The van der Waals surface area contributed by atoms with Crippen molar-refractivity contribution in [1.82, 2.24) is 0 Å². The number of rotatable bonds is 6. The predicted octanol–water partition coefficient (Wildman–Crippen LogP) is 1.38. The molecule has 0 radical (unpaired) electrons. The predicted molar refractivity (Wildman–Crippen MR) is 54.3 cm³/mol.